The van der Waals surface area contributed by atoms with Crippen LogP contribution in [0.3, 0.4) is 0 Å². The van der Waals surface area contributed by atoms with Gasteiger partial charge in [0.05, 0.1) is 6.04 Å². The molecule has 0 aromatic carbocycles. The summed E-state index contributed by atoms with van der Waals surface area (Å²) in [5.41, 5.74) is 11.0. The lowest BCUT2D eigenvalue weighted by Gasteiger charge is -2.23. The molecule has 0 heterocycles. The average molecular weight is 494 g/mol. The van der Waals surface area contributed by atoms with Crippen molar-refractivity contribution in [2.75, 3.05) is 20.1 Å². The number of carbonyl (C=O) groups excluding carboxylic acids is 2. The second kappa shape index (κ2) is 45.3. The highest BCUT2D eigenvalue weighted by molar-refractivity contribution is 5.89. The van der Waals surface area contributed by atoms with Gasteiger partial charge in [-0.3, -0.25) is 9.59 Å². The van der Waals surface area contributed by atoms with Gasteiger partial charge in [-0.2, -0.15) is 0 Å². The Morgan fingerprint density at radius 3 is 1.32 bits per heavy atom. The molecule has 0 bridgehead atoms. The van der Waals surface area contributed by atoms with Crippen LogP contribution in [0.5, 0.6) is 0 Å². The lowest BCUT2D eigenvalue weighted by Crippen LogP contribution is -2.53. The SMILES string of the molecule is CC.CC.CC.CC.CC.CCC(C)NC(=O)C(CCCCN)NC(=O)C(CCCCN)NC. The molecule has 0 aromatic rings. The Kier molecular flexibility index (Phi) is 61.6. The number of rotatable bonds is 14. The highest BCUT2D eigenvalue weighted by atomic mass is 16.2. The molecule has 7 heteroatoms. The number of hydrogen-bond acceptors (Lipinski definition) is 5. The molecule has 212 valence electrons. The minimum Gasteiger partial charge on any atom is -0.352 e. The number of nitrogens with two attached hydrogens (primary N) is 2. The van der Waals surface area contributed by atoms with E-state index in [-0.39, 0.29) is 23.9 Å². The van der Waals surface area contributed by atoms with E-state index < -0.39 is 6.04 Å². The standard InChI is InChI=1S/C17H37N5O2.5C2H6/c1-4-13(2)21-17(24)15(10-6-8-12-19)22-16(23)14(20-3)9-5-7-11-18;5*1-2/h13-15,20H,4-12,18-19H2,1-3H3,(H,21,24)(H,22,23);5*1-2H3. The molecule has 0 aromatic heterocycles. The molecule has 7 nitrogen and oxygen atoms in total. The molecule has 0 aliphatic rings. The summed E-state index contributed by atoms with van der Waals surface area (Å²) in [7, 11) is 1.76. The molecular formula is C27H67N5O2. The molecule has 0 rings (SSSR count). The molecule has 0 saturated heterocycles. The van der Waals surface area contributed by atoms with Crippen molar-refractivity contribution in [2.24, 2.45) is 11.5 Å². The van der Waals surface area contributed by atoms with Crippen LogP contribution in [0.4, 0.5) is 0 Å². The summed E-state index contributed by atoms with van der Waals surface area (Å²) in [6.45, 7) is 25.2. The summed E-state index contributed by atoms with van der Waals surface area (Å²) in [6.07, 6.45) is 5.59. The van der Waals surface area contributed by atoms with Gasteiger partial charge in [-0.15, -0.1) is 0 Å². The maximum atomic E-state index is 12.5. The molecule has 0 fully saturated rings. The largest absolute Gasteiger partial charge is 0.352 e. The van der Waals surface area contributed by atoms with Gasteiger partial charge in [-0.25, -0.2) is 0 Å². The van der Waals surface area contributed by atoms with E-state index >= 15 is 0 Å². The Hall–Kier alpha value is -1.18. The van der Waals surface area contributed by atoms with Crippen molar-refractivity contribution in [3.05, 3.63) is 0 Å². The average Bonchev–Trinajstić information content (AvgIpc) is 2.91. The van der Waals surface area contributed by atoms with Gasteiger partial charge in [0.1, 0.15) is 6.04 Å². The minimum atomic E-state index is -0.511. The van der Waals surface area contributed by atoms with E-state index in [2.05, 4.69) is 16.0 Å². The van der Waals surface area contributed by atoms with Gasteiger partial charge in [0.2, 0.25) is 11.8 Å². The van der Waals surface area contributed by atoms with E-state index in [1.807, 2.05) is 83.1 Å². The second-order valence-corrected chi connectivity index (χ2v) is 6.29. The van der Waals surface area contributed by atoms with Gasteiger partial charge >= 0.3 is 0 Å². The fourth-order valence-electron chi connectivity index (χ4n) is 2.38. The zero-order valence-corrected chi connectivity index (χ0v) is 25.6. The lowest BCUT2D eigenvalue weighted by molar-refractivity contribution is -0.130. The molecule has 0 saturated carbocycles. The van der Waals surface area contributed by atoms with Gasteiger partial charge in [0, 0.05) is 6.04 Å². The van der Waals surface area contributed by atoms with Gasteiger partial charge in [-0.05, 0) is 65.6 Å². The molecule has 0 radical (unpaired) electrons. The molecular weight excluding hydrogens is 426 g/mol. The van der Waals surface area contributed by atoms with Crippen molar-refractivity contribution < 1.29 is 9.59 Å². The molecule has 3 atom stereocenters. The first-order chi connectivity index (χ1) is 16.5. The van der Waals surface area contributed by atoms with Crippen LogP contribution >= 0.6 is 0 Å². The van der Waals surface area contributed by atoms with E-state index in [1.54, 1.807) is 7.05 Å². The Balaban J connectivity index is -0.000000172. The van der Waals surface area contributed by atoms with Crippen LogP contribution < -0.4 is 27.4 Å². The Labute approximate surface area is 215 Å². The van der Waals surface area contributed by atoms with Crippen LogP contribution in [-0.2, 0) is 9.59 Å². The summed E-state index contributed by atoms with van der Waals surface area (Å²) in [5.74, 6) is -0.252. The smallest absolute Gasteiger partial charge is 0.242 e. The normalized spacial score (nSPS) is 11.3. The summed E-state index contributed by atoms with van der Waals surface area (Å²) in [5, 5.41) is 8.87. The highest BCUT2D eigenvalue weighted by Gasteiger charge is 2.24. The first-order valence-corrected chi connectivity index (χ1v) is 14.2. The van der Waals surface area contributed by atoms with E-state index in [4.69, 9.17) is 11.5 Å². The fraction of sp³-hybridized carbons (Fsp3) is 0.926. The highest BCUT2D eigenvalue weighted by Crippen LogP contribution is 2.05. The third-order valence-corrected chi connectivity index (χ3v) is 4.19. The third kappa shape index (κ3) is 33.0. The number of amides is 2. The number of hydrogen-bond donors (Lipinski definition) is 5. The quantitative estimate of drug-likeness (QED) is 0.208. The monoisotopic (exact) mass is 494 g/mol. The van der Waals surface area contributed by atoms with Crippen LogP contribution in [0.15, 0.2) is 0 Å². The molecule has 0 aliphatic heterocycles. The summed E-state index contributed by atoms with van der Waals surface area (Å²) < 4.78 is 0. The van der Waals surface area contributed by atoms with Crippen molar-refractivity contribution >= 4 is 11.8 Å². The van der Waals surface area contributed by atoms with E-state index in [1.165, 1.54) is 0 Å². The van der Waals surface area contributed by atoms with Crippen molar-refractivity contribution in [1.82, 2.24) is 16.0 Å². The third-order valence-electron chi connectivity index (χ3n) is 4.19. The number of likely N-dealkylation sites (N-methyl/N-ethyl adjacent to an activating group) is 1. The second-order valence-electron chi connectivity index (χ2n) is 6.29. The predicted octanol–water partition coefficient (Wildman–Crippen LogP) is 5.36. The molecule has 34 heavy (non-hydrogen) atoms. The zero-order valence-electron chi connectivity index (χ0n) is 25.6. The minimum absolute atomic E-state index is 0.0936. The number of nitrogens with one attached hydrogen (secondary N) is 3. The zero-order chi connectivity index (χ0) is 28.4. The van der Waals surface area contributed by atoms with Crippen LogP contribution in [0.2, 0.25) is 0 Å². The van der Waals surface area contributed by atoms with Gasteiger partial charge in [0.15, 0.2) is 0 Å². The van der Waals surface area contributed by atoms with Crippen molar-refractivity contribution in [3.63, 3.8) is 0 Å². The molecule has 2 amide bonds. The van der Waals surface area contributed by atoms with E-state index in [0.29, 0.717) is 25.9 Å². The van der Waals surface area contributed by atoms with Crippen molar-refractivity contribution in [1.29, 1.82) is 0 Å². The molecule has 0 aliphatic carbocycles. The summed E-state index contributed by atoms with van der Waals surface area (Å²) in [4.78, 5) is 24.9. The molecule has 7 N–H and O–H groups in total. The van der Waals surface area contributed by atoms with E-state index in [9.17, 15) is 9.59 Å². The molecule has 0 spiro atoms. The summed E-state index contributed by atoms with van der Waals surface area (Å²) in [6, 6.07) is -0.718. The summed E-state index contributed by atoms with van der Waals surface area (Å²) >= 11 is 0. The first kappa shape index (κ1) is 46.2. The predicted molar refractivity (Wildman–Crippen MR) is 155 cm³/mol. The van der Waals surface area contributed by atoms with Gasteiger partial charge in [-0.1, -0.05) is 82.6 Å². The topological polar surface area (TPSA) is 122 Å². The number of unbranched alkanes of at least 4 members (excludes halogenated alkanes) is 2. The number of carbonyl (C=O) groups is 2. The lowest BCUT2D eigenvalue weighted by atomic mass is 10.1. The maximum absolute atomic E-state index is 12.5. The van der Waals surface area contributed by atoms with Crippen LogP contribution in [0.1, 0.15) is 128 Å². The van der Waals surface area contributed by atoms with Gasteiger partial charge in [0.25, 0.3) is 0 Å². The van der Waals surface area contributed by atoms with Crippen molar-refractivity contribution in [2.45, 2.75) is 146 Å². The maximum Gasteiger partial charge on any atom is 0.242 e. The fourth-order valence-corrected chi connectivity index (χ4v) is 2.38. The van der Waals surface area contributed by atoms with Crippen LogP contribution in [0, 0.1) is 0 Å². The van der Waals surface area contributed by atoms with Crippen LogP contribution in [-0.4, -0.2) is 50.1 Å². The van der Waals surface area contributed by atoms with Crippen LogP contribution in [0.25, 0.3) is 0 Å². The van der Waals surface area contributed by atoms with Gasteiger partial charge < -0.3 is 27.4 Å². The van der Waals surface area contributed by atoms with E-state index in [0.717, 1.165) is 32.1 Å². The Morgan fingerprint density at radius 1 is 0.647 bits per heavy atom. The molecule has 3 unspecified atom stereocenters. The first-order valence-electron chi connectivity index (χ1n) is 14.2. The van der Waals surface area contributed by atoms with Crippen molar-refractivity contribution in [3.8, 4) is 0 Å². The Morgan fingerprint density at radius 2 is 1.00 bits per heavy atom. The Bertz CT molecular complexity index is 356.